The molecular weight excluding hydrogens is 329 g/mol. The lowest BCUT2D eigenvalue weighted by Crippen LogP contribution is -2.56. The van der Waals surface area contributed by atoms with Gasteiger partial charge in [-0.25, -0.2) is 9.18 Å². The molecule has 7 heteroatoms. The molecule has 1 aromatic rings. The van der Waals surface area contributed by atoms with Crippen molar-refractivity contribution in [3.8, 4) is 11.5 Å². The number of carboxylic acid groups (broad SMARTS) is 1. The van der Waals surface area contributed by atoms with Gasteiger partial charge in [0.15, 0.2) is 11.5 Å². The number of carbonyl (C=O) groups excluding carboxylic acids is 1. The van der Waals surface area contributed by atoms with Crippen LogP contribution in [0, 0.1) is 11.7 Å². The van der Waals surface area contributed by atoms with E-state index in [9.17, 15) is 19.1 Å². The molecule has 1 fully saturated rings. The van der Waals surface area contributed by atoms with Gasteiger partial charge in [-0.1, -0.05) is 13.3 Å². The van der Waals surface area contributed by atoms with E-state index in [2.05, 4.69) is 12.2 Å². The highest BCUT2D eigenvalue weighted by atomic mass is 19.1. The van der Waals surface area contributed by atoms with Crippen LogP contribution in [0.15, 0.2) is 12.1 Å². The van der Waals surface area contributed by atoms with E-state index < -0.39 is 23.2 Å². The van der Waals surface area contributed by atoms with Crippen LogP contribution in [0.1, 0.15) is 49.4 Å². The molecule has 1 aromatic carbocycles. The molecule has 0 heterocycles. The van der Waals surface area contributed by atoms with E-state index in [-0.39, 0.29) is 17.1 Å². The standard InChI is InChI=1S/C18H24FNO5/c1-4-11-5-7-18(8-6-11,17(22)23)20-16(21)12-9-14(24-2)15(25-3)10-13(12)19/h9-11H,4-8H2,1-3H3,(H,20,21)(H,22,23). The Morgan fingerprint density at radius 3 is 2.28 bits per heavy atom. The van der Waals surface area contributed by atoms with Crippen LogP contribution in [0.5, 0.6) is 11.5 Å². The summed E-state index contributed by atoms with van der Waals surface area (Å²) in [6.07, 6.45) is 3.09. The number of carbonyl (C=O) groups is 2. The fourth-order valence-electron chi connectivity index (χ4n) is 3.28. The summed E-state index contributed by atoms with van der Waals surface area (Å²) >= 11 is 0. The van der Waals surface area contributed by atoms with E-state index >= 15 is 0 Å². The predicted octanol–water partition coefficient (Wildman–Crippen LogP) is 3.00. The van der Waals surface area contributed by atoms with Gasteiger partial charge in [-0.3, -0.25) is 4.79 Å². The summed E-state index contributed by atoms with van der Waals surface area (Å²) in [4.78, 5) is 24.3. The molecule has 1 saturated carbocycles. The molecule has 0 atom stereocenters. The van der Waals surface area contributed by atoms with Gasteiger partial charge in [0.2, 0.25) is 0 Å². The first kappa shape index (κ1) is 19.0. The maximum Gasteiger partial charge on any atom is 0.329 e. The Balaban J connectivity index is 2.26. The summed E-state index contributed by atoms with van der Waals surface area (Å²) in [5, 5.41) is 12.2. The van der Waals surface area contributed by atoms with Crippen LogP contribution >= 0.6 is 0 Å². The van der Waals surface area contributed by atoms with E-state index in [1.54, 1.807) is 0 Å². The Labute approximate surface area is 146 Å². The zero-order valence-electron chi connectivity index (χ0n) is 14.7. The number of amides is 1. The lowest BCUT2D eigenvalue weighted by Gasteiger charge is -2.37. The van der Waals surface area contributed by atoms with Gasteiger partial charge in [0.05, 0.1) is 19.8 Å². The molecule has 1 amide bonds. The second kappa shape index (κ2) is 7.72. The molecular formula is C18H24FNO5. The summed E-state index contributed by atoms with van der Waals surface area (Å²) in [7, 11) is 2.74. The number of nitrogens with one attached hydrogen (secondary N) is 1. The Bertz CT molecular complexity index is 653. The normalized spacial score (nSPS) is 23.0. The Morgan fingerprint density at radius 1 is 1.24 bits per heavy atom. The highest BCUT2D eigenvalue weighted by molar-refractivity contribution is 5.98. The number of carboxylic acids is 1. The third-order valence-corrected chi connectivity index (χ3v) is 5.02. The minimum absolute atomic E-state index is 0.160. The molecule has 1 aliphatic rings. The predicted molar refractivity (Wildman–Crippen MR) is 89.6 cm³/mol. The van der Waals surface area contributed by atoms with Gasteiger partial charge in [-0.05, 0) is 37.7 Å². The molecule has 0 spiro atoms. The molecule has 0 aliphatic heterocycles. The monoisotopic (exact) mass is 353 g/mol. The summed E-state index contributed by atoms with van der Waals surface area (Å²) in [6.45, 7) is 2.07. The highest BCUT2D eigenvalue weighted by Crippen LogP contribution is 2.35. The maximum atomic E-state index is 14.3. The van der Waals surface area contributed by atoms with Gasteiger partial charge in [0.1, 0.15) is 11.4 Å². The minimum Gasteiger partial charge on any atom is -0.493 e. The number of methoxy groups -OCH3 is 2. The Hall–Kier alpha value is -2.31. The van der Waals surface area contributed by atoms with Crippen molar-refractivity contribution in [2.45, 2.75) is 44.6 Å². The Kier molecular flexibility index (Phi) is 5.87. The minimum atomic E-state index is -1.36. The first-order valence-corrected chi connectivity index (χ1v) is 8.34. The third kappa shape index (κ3) is 3.86. The molecule has 0 saturated heterocycles. The average molecular weight is 353 g/mol. The quantitative estimate of drug-likeness (QED) is 0.821. The second-order valence-electron chi connectivity index (χ2n) is 6.38. The smallest absolute Gasteiger partial charge is 0.329 e. The van der Waals surface area contributed by atoms with Crippen LogP contribution < -0.4 is 14.8 Å². The summed E-state index contributed by atoms with van der Waals surface area (Å²) in [6, 6.07) is 2.27. The molecule has 0 bridgehead atoms. The fourth-order valence-corrected chi connectivity index (χ4v) is 3.28. The van der Waals surface area contributed by atoms with E-state index in [0.29, 0.717) is 18.8 Å². The topological polar surface area (TPSA) is 84.9 Å². The van der Waals surface area contributed by atoms with Gasteiger partial charge in [-0.2, -0.15) is 0 Å². The van der Waals surface area contributed by atoms with Crippen LogP contribution in [0.3, 0.4) is 0 Å². The van der Waals surface area contributed by atoms with Crippen LogP contribution in [0.2, 0.25) is 0 Å². The lowest BCUT2D eigenvalue weighted by atomic mass is 9.75. The van der Waals surface area contributed by atoms with E-state index in [1.165, 1.54) is 20.3 Å². The van der Waals surface area contributed by atoms with Crippen molar-refractivity contribution >= 4 is 11.9 Å². The van der Waals surface area contributed by atoms with Crippen LogP contribution in [-0.2, 0) is 4.79 Å². The fraction of sp³-hybridized carbons (Fsp3) is 0.556. The largest absolute Gasteiger partial charge is 0.493 e. The molecule has 0 radical (unpaired) electrons. The van der Waals surface area contributed by atoms with Crippen molar-refractivity contribution in [1.29, 1.82) is 0 Å². The number of hydrogen-bond acceptors (Lipinski definition) is 4. The van der Waals surface area contributed by atoms with E-state index in [4.69, 9.17) is 9.47 Å². The number of ether oxygens (including phenoxy) is 2. The maximum absolute atomic E-state index is 14.3. The molecule has 138 valence electrons. The Morgan fingerprint density at radius 2 is 1.80 bits per heavy atom. The first-order chi connectivity index (χ1) is 11.9. The number of halogens is 1. The van der Waals surface area contributed by atoms with Crippen molar-refractivity contribution < 1.29 is 28.6 Å². The molecule has 2 rings (SSSR count). The number of benzene rings is 1. The van der Waals surface area contributed by atoms with Gasteiger partial charge >= 0.3 is 5.97 Å². The van der Waals surface area contributed by atoms with Gasteiger partial charge < -0.3 is 19.9 Å². The summed E-state index contributed by atoms with van der Waals surface area (Å²) in [5.41, 5.74) is -1.63. The van der Waals surface area contributed by atoms with Crippen molar-refractivity contribution in [3.05, 3.63) is 23.5 Å². The molecule has 0 aromatic heterocycles. The SMILES string of the molecule is CCC1CCC(NC(=O)c2cc(OC)c(OC)cc2F)(C(=O)O)CC1. The van der Waals surface area contributed by atoms with E-state index in [1.807, 2.05) is 0 Å². The molecule has 2 N–H and O–H groups in total. The van der Waals surface area contributed by atoms with Crippen LogP contribution in [0.25, 0.3) is 0 Å². The number of hydrogen-bond donors (Lipinski definition) is 2. The third-order valence-electron chi connectivity index (χ3n) is 5.02. The van der Waals surface area contributed by atoms with Gasteiger partial charge in [-0.15, -0.1) is 0 Å². The number of aliphatic carboxylic acids is 1. The van der Waals surface area contributed by atoms with Crippen LogP contribution in [-0.4, -0.2) is 36.7 Å². The lowest BCUT2D eigenvalue weighted by molar-refractivity contribution is -0.146. The molecule has 25 heavy (non-hydrogen) atoms. The highest BCUT2D eigenvalue weighted by Gasteiger charge is 2.43. The van der Waals surface area contributed by atoms with Crippen molar-refractivity contribution in [3.63, 3.8) is 0 Å². The zero-order chi connectivity index (χ0) is 18.6. The zero-order valence-corrected chi connectivity index (χ0v) is 14.7. The summed E-state index contributed by atoms with van der Waals surface area (Å²) < 4.78 is 24.3. The average Bonchev–Trinajstić information content (AvgIpc) is 2.61. The summed E-state index contributed by atoms with van der Waals surface area (Å²) in [5.74, 6) is -1.83. The molecule has 1 aliphatic carbocycles. The number of rotatable bonds is 6. The molecule has 0 unspecified atom stereocenters. The first-order valence-electron chi connectivity index (χ1n) is 8.34. The van der Waals surface area contributed by atoms with Crippen LogP contribution in [0.4, 0.5) is 4.39 Å². The van der Waals surface area contributed by atoms with E-state index in [0.717, 1.165) is 25.3 Å². The van der Waals surface area contributed by atoms with Crippen molar-refractivity contribution in [1.82, 2.24) is 5.32 Å². The van der Waals surface area contributed by atoms with Crippen molar-refractivity contribution in [2.75, 3.05) is 14.2 Å². The van der Waals surface area contributed by atoms with Gasteiger partial charge in [0.25, 0.3) is 5.91 Å². The molecule has 6 nitrogen and oxygen atoms in total. The second-order valence-corrected chi connectivity index (χ2v) is 6.38. The van der Waals surface area contributed by atoms with Gasteiger partial charge in [0, 0.05) is 6.07 Å². The van der Waals surface area contributed by atoms with Crippen molar-refractivity contribution in [2.24, 2.45) is 5.92 Å².